The molecule has 1 heterocycles. The van der Waals surface area contributed by atoms with Gasteiger partial charge in [-0.15, -0.1) is 11.6 Å². The average molecular weight is 163 g/mol. The molecule has 2 heteroatoms. The molecular weight excluding hydrogens is 148 g/mol. The van der Waals surface area contributed by atoms with Gasteiger partial charge in [0.05, 0.1) is 11.0 Å². The molecule has 1 aliphatic heterocycles. The number of hydrogen-bond donors (Lipinski definition) is 0. The van der Waals surface area contributed by atoms with E-state index in [2.05, 4.69) is 20.8 Å². The molecule has 60 valence electrons. The minimum atomic E-state index is -0.0818. The van der Waals surface area contributed by atoms with Crippen LogP contribution in [0.5, 0.6) is 0 Å². The van der Waals surface area contributed by atoms with Crippen LogP contribution in [0, 0.1) is 5.92 Å². The van der Waals surface area contributed by atoms with Gasteiger partial charge >= 0.3 is 0 Å². The van der Waals surface area contributed by atoms with Crippen LogP contribution in [-0.4, -0.2) is 17.6 Å². The molecule has 10 heavy (non-hydrogen) atoms. The minimum Gasteiger partial charge on any atom is -0.373 e. The summed E-state index contributed by atoms with van der Waals surface area (Å²) in [6, 6.07) is 0. The van der Waals surface area contributed by atoms with Crippen molar-refractivity contribution in [3.63, 3.8) is 0 Å². The maximum atomic E-state index is 6.09. The van der Waals surface area contributed by atoms with E-state index in [-0.39, 0.29) is 11.0 Å². The zero-order valence-corrected chi connectivity index (χ0v) is 7.61. The molecule has 0 saturated carbocycles. The highest BCUT2D eigenvalue weighted by Gasteiger charge is 2.41. The van der Waals surface area contributed by atoms with Crippen molar-refractivity contribution in [2.75, 3.05) is 6.61 Å². The van der Waals surface area contributed by atoms with Gasteiger partial charge in [-0.05, 0) is 19.3 Å². The Balaban J connectivity index is 2.66. The summed E-state index contributed by atoms with van der Waals surface area (Å²) in [5.74, 6) is 0.512. The summed E-state index contributed by atoms with van der Waals surface area (Å²) >= 11 is 6.09. The average Bonchev–Trinajstić information content (AvgIpc) is 2.15. The molecule has 0 unspecified atom stereocenters. The van der Waals surface area contributed by atoms with Crippen LogP contribution in [0.25, 0.3) is 0 Å². The fourth-order valence-corrected chi connectivity index (χ4v) is 1.69. The number of ether oxygens (including phenoxy) is 1. The lowest BCUT2D eigenvalue weighted by Crippen LogP contribution is -2.38. The van der Waals surface area contributed by atoms with Crippen molar-refractivity contribution in [3.05, 3.63) is 0 Å². The molecule has 0 aromatic heterocycles. The number of rotatable bonds is 1. The van der Waals surface area contributed by atoms with Crippen molar-refractivity contribution in [2.45, 2.75) is 38.2 Å². The van der Waals surface area contributed by atoms with Gasteiger partial charge in [-0.3, -0.25) is 0 Å². The lowest BCUT2D eigenvalue weighted by Gasteiger charge is -2.30. The zero-order valence-electron chi connectivity index (χ0n) is 6.86. The fourth-order valence-electron chi connectivity index (χ4n) is 1.29. The third-order valence-electron chi connectivity index (χ3n) is 2.55. The topological polar surface area (TPSA) is 9.23 Å². The van der Waals surface area contributed by atoms with Crippen LogP contribution in [0.15, 0.2) is 0 Å². The molecule has 0 radical (unpaired) electrons. The fraction of sp³-hybridized carbons (Fsp3) is 1.00. The van der Waals surface area contributed by atoms with E-state index in [9.17, 15) is 0 Å². The van der Waals surface area contributed by atoms with Gasteiger partial charge in [0.2, 0.25) is 0 Å². The van der Waals surface area contributed by atoms with Gasteiger partial charge in [0.1, 0.15) is 0 Å². The molecule has 0 amide bonds. The normalized spacial score (nSPS) is 41.1. The summed E-state index contributed by atoms with van der Waals surface area (Å²) in [4.78, 5) is 0. The first-order valence-electron chi connectivity index (χ1n) is 3.85. The van der Waals surface area contributed by atoms with Crippen molar-refractivity contribution in [1.82, 2.24) is 0 Å². The van der Waals surface area contributed by atoms with Crippen LogP contribution in [0.3, 0.4) is 0 Å². The second-order valence-electron chi connectivity index (χ2n) is 3.44. The summed E-state index contributed by atoms with van der Waals surface area (Å²) in [7, 11) is 0. The van der Waals surface area contributed by atoms with Crippen molar-refractivity contribution >= 4 is 11.6 Å². The Morgan fingerprint density at radius 2 is 2.20 bits per heavy atom. The van der Waals surface area contributed by atoms with Gasteiger partial charge in [0.25, 0.3) is 0 Å². The Morgan fingerprint density at radius 1 is 1.60 bits per heavy atom. The highest BCUT2D eigenvalue weighted by molar-refractivity contribution is 6.21. The molecule has 0 bridgehead atoms. The van der Waals surface area contributed by atoms with E-state index in [1.165, 1.54) is 0 Å². The Bertz CT molecular complexity index is 124. The predicted octanol–water partition coefficient (Wildman–Crippen LogP) is 2.43. The van der Waals surface area contributed by atoms with Gasteiger partial charge in [0, 0.05) is 6.61 Å². The van der Waals surface area contributed by atoms with Crippen LogP contribution >= 0.6 is 11.6 Å². The number of alkyl halides is 1. The monoisotopic (exact) mass is 162 g/mol. The highest BCUT2D eigenvalue weighted by Crippen LogP contribution is 2.36. The van der Waals surface area contributed by atoms with Crippen molar-refractivity contribution in [1.29, 1.82) is 0 Å². The largest absolute Gasteiger partial charge is 0.373 e. The minimum absolute atomic E-state index is 0.0818. The first-order chi connectivity index (χ1) is 4.57. The predicted molar refractivity (Wildman–Crippen MR) is 43.5 cm³/mol. The first kappa shape index (κ1) is 8.35. The van der Waals surface area contributed by atoms with Gasteiger partial charge < -0.3 is 4.74 Å². The Morgan fingerprint density at radius 3 is 2.40 bits per heavy atom. The third-order valence-corrected chi connectivity index (χ3v) is 3.20. The van der Waals surface area contributed by atoms with Gasteiger partial charge in [-0.2, -0.15) is 0 Å². The van der Waals surface area contributed by atoms with E-state index in [0.29, 0.717) is 5.92 Å². The second-order valence-corrected chi connectivity index (χ2v) is 3.97. The van der Waals surface area contributed by atoms with E-state index < -0.39 is 0 Å². The van der Waals surface area contributed by atoms with E-state index in [0.717, 1.165) is 13.0 Å². The molecule has 2 atom stereocenters. The summed E-state index contributed by atoms with van der Waals surface area (Å²) in [5, 5.41) is 0.201. The summed E-state index contributed by atoms with van der Waals surface area (Å²) in [5.41, 5.74) is -0.0818. The van der Waals surface area contributed by atoms with E-state index >= 15 is 0 Å². The Labute approximate surface area is 67.7 Å². The van der Waals surface area contributed by atoms with Crippen molar-refractivity contribution in [2.24, 2.45) is 5.92 Å². The summed E-state index contributed by atoms with van der Waals surface area (Å²) in [6.07, 6.45) is 0.996. The van der Waals surface area contributed by atoms with Gasteiger partial charge in [0.15, 0.2) is 0 Å². The Hall–Kier alpha value is 0.250. The molecule has 0 aliphatic carbocycles. The molecule has 1 saturated heterocycles. The SMILES string of the molecule is CC(C)[C@@]1(C)OCC[C@@H]1Cl. The quantitative estimate of drug-likeness (QED) is 0.539. The molecule has 1 fully saturated rings. The maximum absolute atomic E-state index is 6.09. The second kappa shape index (κ2) is 2.71. The molecule has 1 nitrogen and oxygen atoms in total. The molecule has 0 N–H and O–H groups in total. The molecule has 0 spiro atoms. The van der Waals surface area contributed by atoms with Crippen molar-refractivity contribution in [3.8, 4) is 0 Å². The lowest BCUT2D eigenvalue weighted by atomic mass is 9.89. The first-order valence-corrected chi connectivity index (χ1v) is 4.29. The third kappa shape index (κ3) is 1.17. The summed E-state index contributed by atoms with van der Waals surface area (Å²) < 4.78 is 5.58. The van der Waals surface area contributed by atoms with E-state index in [1.54, 1.807) is 0 Å². The maximum Gasteiger partial charge on any atom is 0.0840 e. The summed E-state index contributed by atoms with van der Waals surface area (Å²) in [6.45, 7) is 7.23. The standard InChI is InChI=1S/C8H15ClO/c1-6(2)8(3)7(9)4-5-10-8/h6-7H,4-5H2,1-3H3/t7-,8+/m0/s1. The van der Waals surface area contributed by atoms with Crippen LogP contribution in [0.4, 0.5) is 0 Å². The Kier molecular flexibility index (Phi) is 2.26. The number of halogens is 1. The number of hydrogen-bond acceptors (Lipinski definition) is 1. The molecular formula is C8H15ClO. The van der Waals surface area contributed by atoms with E-state index in [4.69, 9.17) is 16.3 Å². The van der Waals surface area contributed by atoms with Gasteiger partial charge in [-0.1, -0.05) is 13.8 Å². The molecule has 1 rings (SSSR count). The van der Waals surface area contributed by atoms with Crippen molar-refractivity contribution < 1.29 is 4.74 Å². The van der Waals surface area contributed by atoms with Gasteiger partial charge in [-0.25, -0.2) is 0 Å². The molecule has 1 aliphatic rings. The van der Waals surface area contributed by atoms with Crippen LogP contribution in [-0.2, 0) is 4.74 Å². The zero-order chi connectivity index (χ0) is 7.78. The molecule has 0 aromatic carbocycles. The molecule has 0 aromatic rings. The van der Waals surface area contributed by atoms with E-state index in [1.807, 2.05) is 0 Å². The lowest BCUT2D eigenvalue weighted by molar-refractivity contribution is -0.0150. The van der Waals surface area contributed by atoms with Crippen LogP contribution in [0.1, 0.15) is 27.2 Å². The smallest absolute Gasteiger partial charge is 0.0840 e. The highest BCUT2D eigenvalue weighted by atomic mass is 35.5. The van der Waals surface area contributed by atoms with Crippen LogP contribution in [0.2, 0.25) is 0 Å². The van der Waals surface area contributed by atoms with Crippen LogP contribution < -0.4 is 0 Å².